The van der Waals surface area contributed by atoms with E-state index < -0.39 is 6.10 Å². The van der Waals surface area contributed by atoms with Gasteiger partial charge >= 0.3 is 0 Å². The third-order valence-electron chi connectivity index (χ3n) is 1.01. The zero-order chi connectivity index (χ0) is 6.57. The summed E-state index contributed by atoms with van der Waals surface area (Å²) in [6, 6.07) is 1.70. The second kappa shape index (κ2) is 3.23. The summed E-state index contributed by atoms with van der Waals surface area (Å²) >= 11 is 0. The Morgan fingerprint density at radius 1 is 1.88 bits per heavy atom. The number of rotatable bonds is 1. The Balaban J connectivity index is 3.87. The molecule has 1 atom stereocenters. The number of nitrogens with zero attached hydrogens (tertiary/aromatic N) is 1. The molecule has 0 bridgehead atoms. The van der Waals surface area contributed by atoms with Crippen molar-refractivity contribution in [2.45, 2.75) is 20.0 Å². The molecule has 0 amide bonds. The van der Waals surface area contributed by atoms with Gasteiger partial charge in [0.2, 0.25) is 0 Å². The summed E-state index contributed by atoms with van der Waals surface area (Å²) in [4.78, 5) is 0. The molecule has 0 saturated carbocycles. The van der Waals surface area contributed by atoms with E-state index in [1.807, 2.05) is 0 Å². The first-order chi connectivity index (χ1) is 3.72. The van der Waals surface area contributed by atoms with Crippen LogP contribution in [0.5, 0.6) is 0 Å². The molecule has 0 radical (unpaired) electrons. The molecule has 2 nitrogen and oxygen atoms in total. The fraction of sp³-hybridized carbons (Fsp3) is 0.500. The van der Waals surface area contributed by atoms with Crippen LogP contribution in [0.3, 0.4) is 0 Å². The molecule has 8 heavy (non-hydrogen) atoms. The van der Waals surface area contributed by atoms with Crippen LogP contribution in [0, 0.1) is 11.3 Å². The predicted octanol–water partition coefficient (Wildman–Crippen LogP) is 0.837. The molecule has 2 heteroatoms. The van der Waals surface area contributed by atoms with E-state index in [0.29, 0.717) is 5.57 Å². The fourth-order valence-corrected chi connectivity index (χ4v) is 0.260. The van der Waals surface area contributed by atoms with Gasteiger partial charge in [0.1, 0.15) is 0 Å². The Kier molecular flexibility index (Phi) is 2.90. The minimum atomic E-state index is -0.917. The van der Waals surface area contributed by atoms with Gasteiger partial charge in [-0.3, -0.25) is 0 Å². The first kappa shape index (κ1) is 7.19. The average molecular weight is 111 g/mol. The van der Waals surface area contributed by atoms with E-state index in [4.69, 9.17) is 10.4 Å². The average Bonchev–Trinajstić information content (AvgIpc) is 1.84. The molecule has 1 unspecified atom stereocenters. The molecular formula is C6H9NO. The predicted molar refractivity (Wildman–Crippen MR) is 31.1 cm³/mol. The third-order valence-corrected chi connectivity index (χ3v) is 1.01. The number of aliphatic hydroxyl groups is 1. The van der Waals surface area contributed by atoms with Crippen LogP contribution in [0.1, 0.15) is 13.8 Å². The Morgan fingerprint density at radius 2 is 2.38 bits per heavy atom. The molecule has 0 saturated heterocycles. The number of hydrogen-bond acceptors (Lipinski definition) is 2. The zero-order valence-corrected chi connectivity index (χ0v) is 5.05. The molecule has 0 heterocycles. The van der Waals surface area contributed by atoms with E-state index in [9.17, 15) is 0 Å². The van der Waals surface area contributed by atoms with Crippen molar-refractivity contribution in [1.82, 2.24) is 0 Å². The highest BCUT2D eigenvalue weighted by molar-refractivity contribution is 5.11. The highest BCUT2D eigenvalue weighted by Gasteiger charge is 1.99. The van der Waals surface area contributed by atoms with Gasteiger partial charge in [-0.15, -0.1) is 0 Å². The number of hydrogen-bond donors (Lipinski definition) is 1. The lowest BCUT2D eigenvalue weighted by atomic mass is 10.2. The van der Waals surface area contributed by atoms with Gasteiger partial charge in [-0.25, -0.2) is 0 Å². The molecule has 1 N–H and O–H groups in total. The van der Waals surface area contributed by atoms with Crippen LogP contribution in [0.4, 0.5) is 0 Å². The van der Waals surface area contributed by atoms with E-state index in [1.165, 1.54) is 0 Å². The van der Waals surface area contributed by atoms with Crippen LogP contribution < -0.4 is 0 Å². The lowest BCUT2D eigenvalue weighted by Gasteiger charge is -1.96. The quantitative estimate of drug-likeness (QED) is 0.402. The summed E-state index contributed by atoms with van der Waals surface area (Å²) in [5.74, 6) is 0. The normalized spacial score (nSPS) is 15.0. The van der Waals surface area contributed by atoms with Gasteiger partial charge in [0.25, 0.3) is 0 Å². The molecule has 44 valence electrons. The number of allylic oxidation sites excluding steroid dienone is 1. The summed E-state index contributed by atoms with van der Waals surface area (Å²) in [7, 11) is 0. The summed E-state index contributed by atoms with van der Waals surface area (Å²) < 4.78 is 0. The monoisotopic (exact) mass is 111 g/mol. The molecule has 0 fully saturated rings. The molecular weight excluding hydrogens is 102 g/mol. The van der Waals surface area contributed by atoms with Crippen molar-refractivity contribution in [3.63, 3.8) is 0 Å². The molecule has 0 aliphatic rings. The lowest BCUT2D eigenvalue weighted by molar-refractivity contribution is 0.266. The maximum Gasteiger partial charge on any atom is 0.161 e. The van der Waals surface area contributed by atoms with Crippen molar-refractivity contribution < 1.29 is 5.11 Å². The number of aliphatic hydroxyl groups excluding tert-OH is 1. The maximum atomic E-state index is 8.70. The van der Waals surface area contributed by atoms with Crippen molar-refractivity contribution in [2.75, 3.05) is 0 Å². The highest BCUT2D eigenvalue weighted by atomic mass is 16.3. The first-order valence-corrected chi connectivity index (χ1v) is 2.43. The minimum absolute atomic E-state index is 0.701. The Bertz CT molecular complexity index is 132. The summed E-state index contributed by atoms with van der Waals surface area (Å²) in [5, 5.41) is 16.8. The topological polar surface area (TPSA) is 44.0 Å². The van der Waals surface area contributed by atoms with Gasteiger partial charge in [-0.1, -0.05) is 6.08 Å². The van der Waals surface area contributed by atoms with Crippen LogP contribution in [0.2, 0.25) is 0 Å². The number of nitriles is 1. The summed E-state index contributed by atoms with van der Waals surface area (Å²) in [5.41, 5.74) is 0.701. The van der Waals surface area contributed by atoms with Gasteiger partial charge in [-0.05, 0) is 19.4 Å². The molecule has 0 aliphatic carbocycles. The summed E-state index contributed by atoms with van der Waals surface area (Å²) in [6.07, 6.45) is 0.799. The van der Waals surface area contributed by atoms with Crippen molar-refractivity contribution in [3.8, 4) is 6.07 Å². The van der Waals surface area contributed by atoms with Gasteiger partial charge in [0.05, 0.1) is 6.07 Å². The van der Waals surface area contributed by atoms with E-state index in [0.717, 1.165) is 0 Å². The van der Waals surface area contributed by atoms with Crippen LogP contribution in [-0.2, 0) is 0 Å². The highest BCUT2D eigenvalue weighted by Crippen LogP contribution is 1.97. The molecule has 0 spiro atoms. The SMILES string of the molecule is C/C=C(\C)C(O)C#N. The van der Waals surface area contributed by atoms with E-state index >= 15 is 0 Å². The van der Waals surface area contributed by atoms with Crippen molar-refractivity contribution in [3.05, 3.63) is 11.6 Å². The molecule has 0 aliphatic heterocycles. The van der Waals surface area contributed by atoms with E-state index in [2.05, 4.69) is 0 Å². The van der Waals surface area contributed by atoms with Crippen LogP contribution >= 0.6 is 0 Å². The smallest absolute Gasteiger partial charge is 0.161 e. The Morgan fingerprint density at radius 3 is 2.50 bits per heavy atom. The van der Waals surface area contributed by atoms with Crippen molar-refractivity contribution >= 4 is 0 Å². The summed E-state index contributed by atoms with van der Waals surface area (Å²) in [6.45, 7) is 3.50. The molecule has 0 aromatic carbocycles. The second-order valence-corrected chi connectivity index (χ2v) is 1.56. The maximum absolute atomic E-state index is 8.70. The largest absolute Gasteiger partial charge is 0.374 e. The van der Waals surface area contributed by atoms with E-state index in [1.54, 1.807) is 26.0 Å². The van der Waals surface area contributed by atoms with Gasteiger partial charge in [-0.2, -0.15) is 5.26 Å². The molecule has 0 aromatic heterocycles. The zero-order valence-electron chi connectivity index (χ0n) is 5.05. The molecule has 0 aromatic rings. The van der Waals surface area contributed by atoms with E-state index in [-0.39, 0.29) is 0 Å². The fourth-order valence-electron chi connectivity index (χ4n) is 0.260. The van der Waals surface area contributed by atoms with Crippen LogP contribution in [0.15, 0.2) is 11.6 Å². The Labute approximate surface area is 49.1 Å². The first-order valence-electron chi connectivity index (χ1n) is 2.43. The minimum Gasteiger partial charge on any atom is -0.374 e. The standard InChI is InChI=1S/C6H9NO/c1-3-5(2)6(8)4-7/h3,6,8H,1-2H3/b5-3+. The van der Waals surface area contributed by atoms with Crippen molar-refractivity contribution in [2.24, 2.45) is 0 Å². The van der Waals surface area contributed by atoms with Gasteiger partial charge in [0, 0.05) is 0 Å². The third kappa shape index (κ3) is 1.76. The van der Waals surface area contributed by atoms with Crippen LogP contribution in [0.25, 0.3) is 0 Å². The van der Waals surface area contributed by atoms with Crippen molar-refractivity contribution in [1.29, 1.82) is 5.26 Å². The van der Waals surface area contributed by atoms with Gasteiger partial charge in [0.15, 0.2) is 6.10 Å². The Hall–Kier alpha value is -0.810. The second-order valence-electron chi connectivity index (χ2n) is 1.56. The van der Waals surface area contributed by atoms with Gasteiger partial charge < -0.3 is 5.11 Å². The molecule has 0 rings (SSSR count). The van der Waals surface area contributed by atoms with Crippen LogP contribution in [-0.4, -0.2) is 11.2 Å². The lowest BCUT2D eigenvalue weighted by Crippen LogP contribution is -2.02.